The summed E-state index contributed by atoms with van der Waals surface area (Å²) in [5.74, 6) is 0.512. The van der Waals surface area contributed by atoms with E-state index in [1.165, 1.54) is 29.7 Å². The lowest BCUT2D eigenvalue weighted by atomic mass is 10.1. The fourth-order valence-electron chi connectivity index (χ4n) is 2.50. The maximum Gasteiger partial charge on any atom is 0.276 e. The van der Waals surface area contributed by atoms with Gasteiger partial charge >= 0.3 is 0 Å². The van der Waals surface area contributed by atoms with Crippen molar-refractivity contribution in [3.63, 3.8) is 0 Å². The summed E-state index contributed by atoms with van der Waals surface area (Å²) in [4.78, 5) is 14.4. The Morgan fingerprint density at radius 3 is 2.80 bits per heavy atom. The van der Waals surface area contributed by atoms with Gasteiger partial charge in [0, 0.05) is 5.69 Å². The Morgan fingerprint density at radius 1 is 1.20 bits per heavy atom. The van der Waals surface area contributed by atoms with Crippen molar-refractivity contribution >= 4 is 23.0 Å². The van der Waals surface area contributed by atoms with Gasteiger partial charge < -0.3 is 11.1 Å². The quantitative estimate of drug-likeness (QED) is 0.660. The molecule has 0 amide bonds. The number of hydrogen-bond acceptors (Lipinski definition) is 5. The third-order valence-electron chi connectivity index (χ3n) is 3.41. The summed E-state index contributed by atoms with van der Waals surface area (Å²) < 4.78 is 0. The van der Waals surface area contributed by atoms with Crippen LogP contribution in [0.2, 0.25) is 0 Å². The van der Waals surface area contributed by atoms with Crippen LogP contribution < -0.4 is 11.1 Å². The minimum Gasteiger partial charge on any atom is -0.383 e. The van der Waals surface area contributed by atoms with Gasteiger partial charge in [-0.25, -0.2) is 4.98 Å². The van der Waals surface area contributed by atoms with Crippen molar-refractivity contribution in [3.05, 3.63) is 51.6 Å². The Labute approximate surface area is 115 Å². The van der Waals surface area contributed by atoms with Crippen molar-refractivity contribution in [3.8, 4) is 0 Å². The van der Waals surface area contributed by atoms with E-state index in [-0.39, 0.29) is 11.5 Å². The molecule has 2 aromatic rings. The molecule has 0 unspecified atom stereocenters. The molecule has 1 aliphatic carbocycles. The molecule has 0 aliphatic heterocycles. The molecular formula is C14H14N4O2. The third-order valence-corrected chi connectivity index (χ3v) is 3.41. The van der Waals surface area contributed by atoms with E-state index in [1.54, 1.807) is 0 Å². The summed E-state index contributed by atoms with van der Waals surface area (Å²) in [5, 5.41) is 13.9. The minimum absolute atomic E-state index is 0.0684. The molecule has 1 aromatic heterocycles. The number of nitro groups is 1. The van der Waals surface area contributed by atoms with E-state index in [1.807, 2.05) is 6.07 Å². The second-order valence-electron chi connectivity index (χ2n) is 4.85. The molecule has 0 bridgehead atoms. The zero-order chi connectivity index (χ0) is 14.1. The Morgan fingerprint density at radius 2 is 2.00 bits per heavy atom. The van der Waals surface area contributed by atoms with Crippen molar-refractivity contribution in [2.45, 2.75) is 19.3 Å². The normalized spacial score (nSPS) is 13.0. The van der Waals surface area contributed by atoms with Crippen LogP contribution in [0.25, 0.3) is 0 Å². The lowest BCUT2D eigenvalue weighted by molar-refractivity contribution is -0.384. The van der Waals surface area contributed by atoms with E-state index in [0.717, 1.165) is 18.5 Å². The number of anilines is 3. The molecule has 0 saturated carbocycles. The van der Waals surface area contributed by atoms with Crippen LogP contribution in [0.1, 0.15) is 17.5 Å². The SMILES string of the molecule is Nc1cc([N+](=O)[O-])cc(Nc2ccc3c(c2)CCC3)n1. The highest BCUT2D eigenvalue weighted by Crippen LogP contribution is 2.27. The van der Waals surface area contributed by atoms with E-state index in [2.05, 4.69) is 22.4 Å². The summed E-state index contributed by atoms with van der Waals surface area (Å²) in [6, 6.07) is 8.74. The second kappa shape index (κ2) is 4.80. The zero-order valence-corrected chi connectivity index (χ0v) is 10.8. The van der Waals surface area contributed by atoms with Crippen LogP contribution in [-0.2, 0) is 12.8 Å². The zero-order valence-electron chi connectivity index (χ0n) is 10.8. The molecule has 0 saturated heterocycles. The molecular weight excluding hydrogens is 256 g/mol. The van der Waals surface area contributed by atoms with E-state index in [0.29, 0.717) is 5.82 Å². The minimum atomic E-state index is -0.480. The molecule has 1 heterocycles. The highest BCUT2D eigenvalue weighted by atomic mass is 16.6. The number of nitrogens with one attached hydrogen (secondary N) is 1. The van der Waals surface area contributed by atoms with Gasteiger partial charge in [0.2, 0.25) is 0 Å². The largest absolute Gasteiger partial charge is 0.383 e. The Bertz CT molecular complexity index is 685. The average molecular weight is 270 g/mol. The van der Waals surface area contributed by atoms with Gasteiger partial charge in [-0.3, -0.25) is 10.1 Å². The smallest absolute Gasteiger partial charge is 0.276 e. The molecule has 0 atom stereocenters. The van der Waals surface area contributed by atoms with Gasteiger partial charge in [0.05, 0.1) is 17.1 Å². The van der Waals surface area contributed by atoms with Crippen LogP contribution in [0.15, 0.2) is 30.3 Å². The molecule has 102 valence electrons. The predicted octanol–water partition coefficient (Wildman–Crippen LogP) is 2.80. The van der Waals surface area contributed by atoms with Crippen molar-refractivity contribution in [1.82, 2.24) is 4.98 Å². The molecule has 20 heavy (non-hydrogen) atoms. The Balaban J connectivity index is 1.89. The highest BCUT2D eigenvalue weighted by molar-refractivity contribution is 5.62. The van der Waals surface area contributed by atoms with Gasteiger partial charge in [0.15, 0.2) is 0 Å². The topological polar surface area (TPSA) is 94.1 Å². The van der Waals surface area contributed by atoms with Crippen molar-refractivity contribution < 1.29 is 4.92 Å². The summed E-state index contributed by atoms with van der Waals surface area (Å²) in [6.07, 6.45) is 3.38. The third kappa shape index (κ3) is 2.40. The number of rotatable bonds is 3. The molecule has 0 fully saturated rings. The number of hydrogen-bond donors (Lipinski definition) is 2. The standard InChI is InChI=1S/C14H14N4O2/c15-13-7-12(18(19)20)8-14(17-13)16-11-5-4-9-2-1-3-10(9)6-11/h4-8H,1-3H2,(H3,15,16,17). The van der Waals surface area contributed by atoms with E-state index >= 15 is 0 Å². The first-order chi connectivity index (χ1) is 9.61. The van der Waals surface area contributed by atoms with Crippen LogP contribution in [0, 0.1) is 10.1 Å². The van der Waals surface area contributed by atoms with E-state index in [9.17, 15) is 10.1 Å². The number of nitrogens with two attached hydrogens (primary N) is 1. The molecule has 6 nitrogen and oxygen atoms in total. The molecule has 3 N–H and O–H groups in total. The van der Waals surface area contributed by atoms with Gasteiger partial charge in [0.25, 0.3) is 5.69 Å². The van der Waals surface area contributed by atoms with Crippen LogP contribution >= 0.6 is 0 Å². The second-order valence-corrected chi connectivity index (χ2v) is 4.85. The Hall–Kier alpha value is -2.63. The molecule has 0 spiro atoms. The number of aromatic nitrogens is 1. The van der Waals surface area contributed by atoms with E-state index in [4.69, 9.17) is 5.73 Å². The molecule has 0 radical (unpaired) electrons. The fourth-order valence-corrected chi connectivity index (χ4v) is 2.50. The number of nitrogens with zero attached hydrogens (tertiary/aromatic N) is 2. The monoisotopic (exact) mass is 270 g/mol. The summed E-state index contributed by atoms with van der Waals surface area (Å²) >= 11 is 0. The van der Waals surface area contributed by atoms with E-state index < -0.39 is 4.92 Å². The maximum atomic E-state index is 10.8. The van der Waals surface area contributed by atoms with Crippen LogP contribution in [-0.4, -0.2) is 9.91 Å². The van der Waals surface area contributed by atoms with Gasteiger partial charge in [-0.15, -0.1) is 0 Å². The molecule has 6 heteroatoms. The first-order valence-corrected chi connectivity index (χ1v) is 6.42. The number of nitrogen functional groups attached to an aromatic ring is 1. The average Bonchev–Trinajstić information content (AvgIpc) is 2.85. The predicted molar refractivity (Wildman–Crippen MR) is 77.1 cm³/mol. The van der Waals surface area contributed by atoms with Crippen LogP contribution in [0.4, 0.5) is 23.0 Å². The van der Waals surface area contributed by atoms with Gasteiger partial charge in [-0.2, -0.15) is 0 Å². The van der Waals surface area contributed by atoms with Crippen LogP contribution in [0.5, 0.6) is 0 Å². The van der Waals surface area contributed by atoms with Gasteiger partial charge in [0.1, 0.15) is 11.6 Å². The maximum absolute atomic E-state index is 10.8. The van der Waals surface area contributed by atoms with Crippen LogP contribution in [0.3, 0.4) is 0 Å². The number of benzene rings is 1. The first-order valence-electron chi connectivity index (χ1n) is 6.42. The van der Waals surface area contributed by atoms with Crippen molar-refractivity contribution in [2.75, 3.05) is 11.1 Å². The lowest BCUT2D eigenvalue weighted by Crippen LogP contribution is -2.00. The number of aryl methyl sites for hydroxylation is 2. The van der Waals surface area contributed by atoms with Gasteiger partial charge in [-0.05, 0) is 42.5 Å². The first kappa shape index (κ1) is 12.4. The lowest BCUT2D eigenvalue weighted by Gasteiger charge is -2.08. The summed E-state index contributed by atoms with van der Waals surface area (Å²) in [7, 11) is 0. The highest BCUT2D eigenvalue weighted by Gasteiger charge is 2.13. The Kier molecular flexibility index (Phi) is 2.98. The van der Waals surface area contributed by atoms with Crippen molar-refractivity contribution in [1.29, 1.82) is 0 Å². The number of fused-ring (bicyclic) bond motifs is 1. The fraction of sp³-hybridized carbons (Fsp3) is 0.214. The summed E-state index contributed by atoms with van der Waals surface area (Å²) in [6.45, 7) is 0. The molecule has 1 aliphatic rings. The van der Waals surface area contributed by atoms with Crippen molar-refractivity contribution in [2.24, 2.45) is 0 Å². The van der Waals surface area contributed by atoms with Gasteiger partial charge in [-0.1, -0.05) is 6.07 Å². The molecule has 1 aromatic carbocycles. The summed E-state index contributed by atoms with van der Waals surface area (Å²) in [5.41, 5.74) is 9.09. The number of pyridine rings is 1. The molecule has 3 rings (SSSR count).